The molecular weight excluding hydrogens is 322 g/mol. The van der Waals surface area contributed by atoms with Crippen LogP contribution in [0.3, 0.4) is 0 Å². The Balaban J connectivity index is 1.49. The molecule has 1 N–H and O–H groups in total. The SMILES string of the molecule is O=C(CSCc1ccccc1)NCC(c1ccco1)c1ccco1. The fourth-order valence-electron chi connectivity index (χ4n) is 2.42. The third-order valence-corrected chi connectivity index (χ3v) is 4.63. The van der Waals surface area contributed by atoms with Crippen LogP contribution >= 0.6 is 11.8 Å². The molecule has 0 spiro atoms. The molecule has 2 heterocycles. The van der Waals surface area contributed by atoms with E-state index in [9.17, 15) is 4.79 Å². The van der Waals surface area contributed by atoms with E-state index in [-0.39, 0.29) is 11.8 Å². The highest BCUT2D eigenvalue weighted by atomic mass is 32.2. The standard InChI is InChI=1S/C19H19NO3S/c21-19(14-24-13-15-6-2-1-3-7-15)20-12-16(17-8-4-10-22-17)18-9-5-11-23-18/h1-11,16H,12-14H2,(H,20,21). The molecule has 124 valence electrons. The topological polar surface area (TPSA) is 55.4 Å². The van der Waals surface area contributed by atoms with Crippen LogP contribution in [0.2, 0.25) is 0 Å². The Hall–Kier alpha value is -2.40. The van der Waals surface area contributed by atoms with E-state index < -0.39 is 0 Å². The Labute approximate surface area is 145 Å². The lowest BCUT2D eigenvalue weighted by Crippen LogP contribution is -2.30. The predicted molar refractivity (Wildman–Crippen MR) is 94.9 cm³/mol. The first kappa shape index (κ1) is 16.5. The normalized spacial score (nSPS) is 10.9. The van der Waals surface area contributed by atoms with E-state index in [0.29, 0.717) is 12.3 Å². The lowest BCUT2D eigenvalue weighted by Gasteiger charge is -2.13. The third-order valence-electron chi connectivity index (χ3n) is 3.62. The van der Waals surface area contributed by atoms with E-state index in [4.69, 9.17) is 8.83 Å². The second-order valence-corrected chi connectivity index (χ2v) is 6.35. The van der Waals surface area contributed by atoms with Gasteiger partial charge in [-0.1, -0.05) is 30.3 Å². The summed E-state index contributed by atoms with van der Waals surface area (Å²) in [5, 5.41) is 2.97. The number of hydrogen-bond donors (Lipinski definition) is 1. The van der Waals surface area contributed by atoms with Gasteiger partial charge in [0.15, 0.2) is 0 Å². The van der Waals surface area contributed by atoms with Crippen LogP contribution in [0.5, 0.6) is 0 Å². The molecule has 24 heavy (non-hydrogen) atoms. The van der Waals surface area contributed by atoms with Crippen molar-refractivity contribution < 1.29 is 13.6 Å². The molecule has 1 amide bonds. The zero-order valence-corrected chi connectivity index (χ0v) is 14.0. The maximum atomic E-state index is 12.1. The van der Waals surface area contributed by atoms with E-state index in [1.807, 2.05) is 42.5 Å². The lowest BCUT2D eigenvalue weighted by molar-refractivity contribution is -0.118. The predicted octanol–water partition coefficient (Wildman–Crippen LogP) is 4.05. The van der Waals surface area contributed by atoms with Gasteiger partial charge < -0.3 is 14.2 Å². The summed E-state index contributed by atoms with van der Waals surface area (Å²) in [6.45, 7) is 0.450. The molecular formula is C19H19NO3S. The van der Waals surface area contributed by atoms with Crippen molar-refractivity contribution in [2.45, 2.75) is 11.7 Å². The van der Waals surface area contributed by atoms with Gasteiger partial charge >= 0.3 is 0 Å². The molecule has 4 nitrogen and oxygen atoms in total. The van der Waals surface area contributed by atoms with Gasteiger partial charge in [0.2, 0.25) is 5.91 Å². The number of carbonyl (C=O) groups excluding carboxylic acids is 1. The average molecular weight is 341 g/mol. The number of carbonyl (C=O) groups is 1. The van der Waals surface area contributed by atoms with Gasteiger partial charge in [0.05, 0.1) is 24.2 Å². The highest BCUT2D eigenvalue weighted by Gasteiger charge is 2.20. The Morgan fingerprint density at radius 1 is 0.958 bits per heavy atom. The summed E-state index contributed by atoms with van der Waals surface area (Å²) in [6, 6.07) is 17.6. The first-order valence-electron chi connectivity index (χ1n) is 7.78. The Morgan fingerprint density at radius 2 is 1.62 bits per heavy atom. The minimum atomic E-state index is -0.113. The molecule has 0 bridgehead atoms. The molecule has 0 aliphatic rings. The van der Waals surface area contributed by atoms with Gasteiger partial charge in [-0.05, 0) is 29.8 Å². The summed E-state index contributed by atoms with van der Waals surface area (Å²) in [6.07, 6.45) is 3.26. The lowest BCUT2D eigenvalue weighted by atomic mass is 10.0. The molecule has 0 aliphatic carbocycles. The van der Waals surface area contributed by atoms with Crippen LogP contribution in [0.15, 0.2) is 76.0 Å². The van der Waals surface area contributed by atoms with Gasteiger partial charge in [-0.15, -0.1) is 11.8 Å². The highest BCUT2D eigenvalue weighted by Crippen LogP contribution is 2.24. The first-order chi connectivity index (χ1) is 11.8. The maximum absolute atomic E-state index is 12.1. The summed E-state index contributed by atoms with van der Waals surface area (Å²) in [5.41, 5.74) is 1.22. The third kappa shape index (κ3) is 4.55. The summed E-state index contributed by atoms with van der Waals surface area (Å²) >= 11 is 1.60. The summed E-state index contributed by atoms with van der Waals surface area (Å²) < 4.78 is 10.9. The highest BCUT2D eigenvalue weighted by molar-refractivity contribution is 7.99. The molecule has 0 radical (unpaired) electrons. The Bertz CT molecular complexity index is 689. The number of rotatable bonds is 8. The molecule has 0 unspecified atom stereocenters. The Morgan fingerprint density at radius 3 is 2.21 bits per heavy atom. The van der Waals surface area contributed by atoms with Gasteiger partial charge in [-0.2, -0.15) is 0 Å². The molecule has 0 saturated carbocycles. The molecule has 0 atom stereocenters. The quantitative estimate of drug-likeness (QED) is 0.671. The van der Waals surface area contributed by atoms with E-state index >= 15 is 0 Å². The first-order valence-corrected chi connectivity index (χ1v) is 8.93. The maximum Gasteiger partial charge on any atom is 0.230 e. The van der Waals surface area contributed by atoms with Crippen molar-refractivity contribution in [1.82, 2.24) is 5.32 Å². The number of benzene rings is 1. The average Bonchev–Trinajstić information content (AvgIpc) is 3.30. The van der Waals surface area contributed by atoms with E-state index in [0.717, 1.165) is 17.3 Å². The molecule has 2 aromatic heterocycles. The molecule has 0 saturated heterocycles. The number of nitrogens with one attached hydrogen (secondary N) is 1. The van der Waals surface area contributed by atoms with Crippen LogP contribution in [0.25, 0.3) is 0 Å². The fraction of sp³-hybridized carbons (Fsp3) is 0.211. The van der Waals surface area contributed by atoms with E-state index in [2.05, 4.69) is 17.4 Å². The van der Waals surface area contributed by atoms with Crippen molar-refractivity contribution in [3.05, 3.63) is 84.2 Å². The smallest absolute Gasteiger partial charge is 0.230 e. The van der Waals surface area contributed by atoms with E-state index in [1.54, 1.807) is 24.3 Å². The van der Waals surface area contributed by atoms with Crippen LogP contribution in [0.1, 0.15) is 23.0 Å². The largest absolute Gasteiger partial charge is 0.469 e. The van der Waals surface area contributed by atoms with Crippen LogP contribution in [-0.2, 0) is 10.5 Å². The molecule has 3 aromatic rings. The number of thioether (sulfide) groups is 1. The monoisotopic (exact) mass is 341 g/mol. The van der Waals surface area contributed by atoms with Crippen molar-refractivity contribution in [3.63, 3.8) is 0 Å². The van der Waals surface area contributed by atoms with Crippen molar-refractivity contribution >= 4 is 17.7 Å². The van der Waals surface area contributed by atoms with Gasteiger partial charge in [0.1, 0.15) is 11.5 Å². The van der Waals surface area contributed by atoms with Crippen molar-refractivity contribution in [3.8, 4) is 0 Å². The number of hydrogen-bond acceptors (Lipinski definition) is 4. The Kier molecular flexibility index (Phi) is 5.80. The zero-order valence-electron chi connectivity index (χ0n) is 13.2. The summed E-state index contributed by atoms with van der Waals surface area (Å²) in [7, 11) is 0. The van der Waals surface area contributed by atoms with E-state index in [1.165, 1.54) is 5.56 Å². The summed E-state index contributed by atoms with van der Waals surface area (Å²) in [5.74, 6) is 2.72. The number of furan rings is 2. The van der Waals surface area contributed by atoms with Gasteiger partial charge in [0.25, 0.3) is 0 Å². The van der Waals surface area contributed by atoms with Crippen molar-refractivity contribution in [2.24, 2.45) is 0 Å². The minimum Gasteiger partial charge on any atom is -0.469 e. The molecule has 1 aromatic carbocycles. The molecule has 0 aliphatic heterocycles. The number of amides is 1. The fourth-order valence-corrected chi connectivity index (χ4v) is 3.24. The minimum absolute atomic E-state index is 0.0130. The van der Waals surface area contributed by atoms with Crippen LogP contribution < -0.4 is 5.32 Å². The van der Waals surface area contributed by atoms with Crippen molar-refractivity contribution in [2.75, 3.05) is 12.3 Å². The van der Waals surface area contributed by atoms with Gasteiger partial charge in [-0.3, -0.25) is 4.79 Å². The van der Waals surface area contributed by atoms with Crippen molar-refractivity contribution in [1.29, 1.82) is 0 Å². The van der Waals surface area contributed by atoms with Crippen LogP contribution in [-0.4, -0.2) is 18.2 Å². The van der Waals surface area contributed by atoms with Crippen LogP contribution in [0.4, 0.5) is 0 Å². The molecule has 3 rings (SSSR count). The zero-order chi connectivity index (χ0) is 16.6. The van der Waals surface area contributed by atoms with Crippen LogP contribution in [0, 0.1) is 0 Å². The second-order valence-electron chi connectivity index (χ2n) is 5.37. The second kappa shape index (κ2) is 8.45. The molecule has 0 fully saturated rings. The van der Waals surface area contributed by atoms with Gasteiger partial charge in [-0.25, -0.2) is 0 Å². The molecule has 5 heteroatoms. The summed E-state index contributed by atoms with van der Waals surface area (Å²) in [4.78, 5) is 12.1. The van der Waals surface area contributed by atoms with Gasteiger partial charge in [0, 0.05) is 12.3 Å².